The van der Waals surface area contributed by atoms with Crippen LogP contribution in [0.15, 0.2) is 22.5 Å². The number of nitrogens with zero attached hydrogens (tertiary/aromatic N) is 1. The lowest BCUT2D eigenvalue weighted by atomic mass is 10.1. The summed E-state index contributed by atoms with van der Waals surface area (Å²) >= 11 is 1.76. The maximum absolute atomic E-state index is 5.56. The third kappa shape index (κ3) is 2.15. The van der Waals surface area contributed by atoms with Gasteiger partial charge in [0.15, 0.2) is 5.90 Å². The van der Waals surface area contributed by atoms with Crippen molar-refractivity contribution in [1.82, 2.24) is 0 Å². The Morgan fingerprint density at radius 3 is 3.07 bits per heavy atom. The number of ether oxygens (including phenoxy) is 1. The average molecular weight is 209 g/mol. The molecule has 0 aliphatic carbocycles. The highest BCUT2D eigenvalue weighted by Gasteiger charge is 2.21. The van der Waals surface area contributed by atoms with Crippen LogP contribution in [0.2, 0.25) is 0 Å². The summed E-state index contributed by atoms with van der Waals surface area (Å²) in [6.45, 7) is 5.13. The lowest BCUT2D eigenvalue weighted by molar-refractivity contribution is 0.287. The van der Waals surface area contributed by atoms with Gasteiger partial charge in [-0.05, 0) is 17.4 Å². The Bertz CT molecular complexity index is 316. The molecule has 0 saturated heterocycles. The van der Waals surface area contributed by atoms with Crippen LogP contribution in [-0.2, 0) is 11.2 Å². The van der Waals surface area contributed by atoms with E-state index in [2.05, 4.69) is 36.4 Å². The van der Waals surface area contributed by atoms with Gasteiger partial charge < -0.3 is 4.74 Å². The number of thiophene rings is 1. The fourth-order valence-electron chi connectivity index (χ4n) is 1.44. The van der Waals surface area contributed by atoms with Crippen LogP contribution in [0.3, 0.4) is 0 Å². The molecule has 2 nitrogen and oxygen atoms in total. The molecule has 0 spiro atoms. The number of aliphatic imine (C=N–C) groups is 1. The second-order valence-electron chi connectivity index (χ2n) is 3.90. The average Bonchev–Trinajstić information content (AvgIpc) is 2.75. The van der Waals surface area contributed by atoms with Gasteiger partial charge in [-0.1, -0.05) is 19.9 Å². The second kappa shape index (κ2) is 4.13. The van der Waals surface area contributed by atoms with Gasteiger partial charge >= 0.3 is 0 Å². The summed E-state index contributed by atoms with van der Waals surface area (Å²) in [7, 11) is 0. The molecule has 1 aromatic rings. The van der Waals surface area contributed by atoms with Crippen molar-refractivity contribution in [3.63, 3.8) is 0 Å². The predicted molar refractivity (Wildman–Crippen MR) is 60.0 cm³/mol. The van der Waals surface area contributed by atoms with Gasteiger partial charge in [0, 0.05) is 4.88 Å². The van der Waals surface area contributed by atoms with E-state index in [4.69, 9.17) is 4.74 Å². The molecule has 0 bridgehead atoms. The largest absolute Gasteiger partial charge is 0.478 e. The van der Waals surface area contributed by atoms with Crippen molar-refractivity contribution in [3.8, 4) is 0 Å². The van der Waals surface area contributed by atoms with Crippen LogP contribution >= 0.6 is 11.3 Å². The highest BCUT2D eigenvalue weighted by atomic mass is 32.1. The van der Waals surface area contributed by atoms with Crippen LogP contribution in [0.25, 0.3) is 0 Å². The first-order valence-corrected chi connectivity index (χ1v) is 5.85. The van der Waals surface area contributed by atoms with Crippen LogP contribution in [0.1, 0.15) is 18.7 Å². The lowest BCUT2D eigenvalue weighted by Crippen LogP contribution is -2.13. The topological polar surface area (TPSA) is 21.6 Å². The Kier molecular flexibility index (Phi) is 2.87. The van der Waals surface area contributed by atoms with Crippen LogP contribution in [0, 0.1) is 5.92 Å². The SMILES string of the molecule is CC(C)[C@H]1COC(Cc2cccs2)=N1. The van der Waals surface area contributed by atoms with E-state index in [1.165, 1.54) is 4.88 Å². The minimum absolute atomic E-state index is 0.366. The molecule has 0 radical (unpaired) electrons. The molecule has 0 N–H and O–H groups in total. The van der Waals surface area contributed by atoms with Crippen molar-refractivity contribution in [3.05, 3.63) is 22.4 Å². The monoisotopic (exact) mass is 209 g/mol. The first-order valence-electron chi connectivity index (χ1n) is 4.97. The molecule has 1 aliphatic heterocycles. The molecule has 1 aromatic heterocycles. The predicted octanol–water partition coefficient (Wildman–Crippen LogP) is 2.74. The molecule has 0 unspecified atom stereocenters. The van der Waals surface area contributed by atoms with Gasteiger partial charge in [-0.25, -0.2) is 4.99 Å². The van der Waals surface area contributed by atoms with Crippen molar-refractivity contribution in [2.24, 2.45) is 10.9 Å². The molecule has 3 heteroatoms. The van der Waals surface area contributed by atoms with E-state index >= 15 is 0 Å². The minimum atomic E-state index is 0.366. The Morgan fingerprint density at radius 1 is 1.64 bits per heavy atom. The zero-order valence-corrected chi connectivity index (χ0v) is 9.38. The molecule has 0 saturated carbocycles. The molecule has 1 atom stereocenters. The fourth-order valence-corrected chi connectivity index (χ4v) is 2.14. The van der Waals surface area contributed by atoms with E-state index in [0.717, 1.165) is 18.9 Å². The van der Waals surface area contributed by atoms with Gasteiger partial charge in [-0.15, -0.1) is 11.3 Å². The van der Waals surface area contributed by atoms with Crippen LogP contribution in [0.4, 0.5) is 0 Å². The number of hydrogen-bond donors (Lipinski definition) is 0. The molecule has 0 amide bonds. The van der Waals surface area contributed by atoms with Crippen LogP contribution in [0.5, 0.6) is 0 Å². The molecule has 2 heterocycles. The van der Waals surface area contributed by atoms with Gasteiger partial charge in [0.1, 0.15) is 6.61 Å². The molecule has 0 fully saturated rings. The molecule has 2 rings (SSSR count). The Morgan fingerprint density at radius 2 is 2.50 bits per heavy atom. The maximum atomic E-state index is 5.56. The van der Waals surface area contributed by atoms with E-state index in [1.807, 2.05) is 0 Å². The van der Waals surface area contributed by atoms with E-state index < -0.39 is 0 Å². The van der Waals surface area contributed by atoms with Crippen molar-refractivity contribution in [2.75, 3.05) is 6.61 Å². The fraction of sp³-hybridized carbons (Fsp3) is 0.545. The Labute approximate surface area is 88.6 Å². The first kappa shape index (κ1) is 9.71. The molecule has 14 heavy (non-hydrogen) atoms. The highest BCUT2D eigenvalue weighted by molar-refractivity contribution is 7.10. The zero-order valence-electron chi connectivity index (χ0n) is 8.56. The van der Waals surface area contributed by atoms with Crippen molar-refractivity contribution < 1.29 is 4.74 Å². The summed E-state index contributed by atoms with van der Waals surface area (Å²) in [4.78, 5) is 5.89. The van der Waals surface area contributed by atoms with Gasteiger partial charge in [0.2, 0.25) is 0 Å². The molecular weight excluding hydrogens is 194 g/mol. The van der Waals surface area contributed by atoms with Gasteiger partial charge in [0.05, 0.1) is 12.5 Å². The van der Waals surface area contributed by atoms with Gasteiger partial charge in [-0.2, -0.15) is 0 Å². The first-order chi connectivity index (χ1) is 6.75. The summed E-state index contributed by atoms with van der Waals surface area (Å²) in [6.07, 6.45) is 0.862. The summed E-state index contributed by atoms with van der Waals surface area (Å²) < 4.78 is 5.56. The van der Waals surface area contributed by atoms with E-state index in [9.17, 15) is 0 Å². The normalized spacial score (nSPS) is 21.1. The van der Waals surface area contributed by atoms with E-state index in [0.29, 0.717) is 12.0 Å². The summed E-state index contributed by atoms with van der Waals surface area (Å²) in [6, 6.07) is 4.55. The lowest BCUT2D eigenvalue weighted by Gasteiger charge is -2.06. The Balaban J connectivity index is 1.97. The standard InChI is InChI=1S/C11H15NOS/c1-8(2)10-7-13-11(12-10)6-9-4-3-5-14-9/h3-5,8,10H,6-7H2,1-2H3/t10-/m1/s1. The van der Waals surface area contributed by atoms with E-state index in [1.54, 1.807) is 11.3 Å². The molecule has 0 aromatic carbocycles. The summed E-state index contributed by atoms with van der Waals surface area (Å²) in [5, 5.41) is 2.09. The number of hydrogen-bond acceptors (Lipinski definition) is 3. The van der Waals surface area contributed by atoms with Gasteiger partial charge in [0.25, 0.3) is 0 Å². The van der Waals surface area contributed by atoms with Crippen molar-refractivity contribution >= 4 is 17.2 Å². The summed E-state index contributed by atoms with van der Waals surface area (Å²) in [5.41, 5.74) is 0. The van der Waals surface area contributed by atoms with Crippen molar-refractivity contribution in [1.29, 1.82) is 0 Å². The Hall–Kier alpha value is -0.830. The quantitative estimate of drug-likeness (QED) is 0.750. The van der Waals surface area contributed by atoms with Crippen molar-refractivity contribution in [2.45, 2.75) is 26.3 Å². The minimum Gasteiger partial charge on any atom is -0.478 e. The third-order valence-electron chi connectivity index (χ3n) is 2.41. The van der Waals surface area contributed by atoms with Crippen LogP contribution in [-0.4, -0.2) is 18.5 Å². The molecule has 1 aliphatic rings. The number of rotatable bonds is 3. The smallest absolute Gasteiger partial charge is 0.189 e. The van der Waals surface area contributed by atoms with Crippen LogP contribution < -0.4 is 0 Å². The maximum Gasteiger partial charge on any atom is 0.189 e. The third-order valence-corrected chi connectivity index (χ3v) is 3.28. The van der Waals surface area contributed by atoms with Gasteiger partial charge in [-0.3, -0.25) is 0 Å². The van der Waals surface area contributed by atoms with E-state index in [-0.39, 0.29) is 0 Å². The molecular formula is C11H15NOS. The zero-order chi connectivity index (χ0) is 9.97. The highest BCUT2D eigenvalue weighted by Crippen LogP contribution is 2.17. The molecule has 76 valence electrons. The summed E-state index contributed by atoms with van der Waals surface area (Å²) in [5.74, 6) is 1.49. The second-order valence-corrected chi connectivity index (χ2v) is 4.93.